The number of hydrogen-bond acceptors (Lipinski definition) is 1. The van der Waals surface area contributed by atoms with Crippen molar-refractivity contribution in [3.8, 4) is 0 Å². The van der Waals surface area contributed by atoms with Gasteiger partial charge < -0.3 is 0 Å². The van der Waals surface area contributed by atoms with Gasteiger partial charge >= 0.3 is 0 Å². The number of hydrogen-bond donors (Lipinski definition) is 0. The van der Waals surface area contributed by atoms with Crippen LogP contribution >= 0.6 is 11.3 Å². The molecule has 0 nitrogen and oxygen atoms in total. The molecule has 1 heteroatoms. The summed E-state index contributed by atoms with van der Waals surface area (Å²) in [5.41, 5.74) is 9.52. The highest BCUT2D eigenvalue weighted by Gasteiger charge is 2.32. The molecular weight excluding hydrogens is 368 g/mol. The number of fused-ring (bicyclic) bond motifs is 1. The minimum atomic E-state index is 0.0663. The van der Waals surface area contributed by atoms with E-state index in [4.69, 9.17) is 0 Å². The first kappa shape index (κ1) is 19.7. The second kappa shape index (κ2) is 8.39. The zero-order valence-corrected chi connectivity index (χ0v) is 18.1. The minimum absolute atomic E-state index is 0.0663. The normalized spacial score (nSPS) is 30.8. The van der Waals surface area contributed by atoms with E-state index < -0.39 is 0 Å². The van der Waals surface area contributed by atoms with Crippen LogP contribution in [0.5, 0.6) is 0 Å². The summed E-state index contributed by atoms with van der Waals surface area (Å²) >= 11 is 1.76. The van der Waals surface area contributed by atoms with Gasteiger partial charge in [-0.25, -0.2) is 0 Å². The molecule has 29 heavy (non-hydrogen) atoms. The molecule has 0 radical (unpaired) electrons. The van der Waals surface area contributed by atoms with Crippen molar-refractivity contribution in [2.24, 2.45) is 5.41 Å². The van der Waals surface area contributed by atoms with Crippen LogP contribution in [0.25, 0.3) is 5.57 Å². The van der Waals surface area contributed by atoms with Gasteiger partial charge in [0.25, 0.3) is 0 Å². The lowest BCUT2D eigenvalue weighted by Crippen LogP contribution is -2.22. The Morgan fingerprint density at radius 3 is 2.72 bits per heavy atom. The van der Waals surface area contributed by atoms with Crippen molar-refractivity contribution in [3.05, 3.63) is 124 Å². The highest BCUT2D eigenvalue weighted by atomic mass is 32.1. The maximum atomic E-state index is 4.20. The topological polar surface area (TPSA) is 0 Å². The Hall–Kier alpha value is -2.64. The molecule has 0 bridgehead atoms. The molecule has 1 aromatic rings. The summed E-state index contributed by atoms with van der Waals surface area (Å²) in [5, 5.41) is 4.42. The predicted molar refractivity (Wildman–Crippen MR) is 129 cm³/mol. The van der Waals surface area contributed by atoms with Crippen molar-refractivity contribution in [1.82, 2.24) is 0 Å². The Morgan fingerprint density at radius 2 is 1.93 bits per heavy atom. The third-order valence-corrected chi connectivity index (χ3v) is 6.83. The molecule has 1 heterocycles. The second-order valence-corrected chi connectivity index (χ2v) is 8.80. The van der Waals surface area contributed by atoms with Crippen LogP contribution < -0.4 is 0 Å². The summed E-state index contributed by atoms with van der Waals surface area (Å²) in [7, 11) is 0. The Morgan fingerprint density at radius 1 is 1.07 bits per heavy atom. The van der Waals surface area contributed by atoms with Crippen LogP contribution in [0.3, 0.4) is 0 Å². The standard InChI is InChI=1S/C28H28S/c1-4-23-26(15-18-28(3)17-11-10-14-27(23)28)25-13-9-7-5-6-8-12-24(21(25)2)22-16-19-29-20-22/h4-7,9-12,14-17,19-20H,1,8,13,18H2,2-3H3/b6-5-,9-7-,24-12+,25-21+. The van der Waals surface area contributed by atoms with Crippen LogP contribution in [0.4, 0.5) is 0 Å². The molecule has 0 saturated heterocycles. The van der Waals surface area contributed by atoms with E-state index in [1.54, 1.807) is 11.3 Å². The average molecular weight is 397 g/mol. The third kappa shape index (κ3) is 3.80. The molecule has 4 rings (SSSR count). The SMILES string of the molecule is C=CC1=C2C=CC=CC2(C)CC=C1/C1=C(C)/C(c2ccsc2)=C\C/C=C\C=C/C1. The fourth-order valence-corrected chi connectivity index (χ4v) is 5.15. The van der Waals surface area contributed by atoms with Crippen molar-refractivity contribution < 1.29 is 0 Å². The van der Waals surface area contributed by atoms with Crippen molar-refractivity contribution in [3.63, 3.8) is 0 Å². The smallest absolute Gasteiger partial charge is 0.0147 e. The molecule has 1 unspecified atom stereocenters. The van der Waals surface area contributed by atoms with Gasteiger partial charge in [-0.05, 0) is 82.0 Å². The third-order valence-electron chi connectivity index (χ3n) is 6.15. The summed E-state index contributed by atoms with van der Waals surface area (Å²) in [6, 6.07) is 2.23. The van der Waals surface area contributed by atoms with Crippen molar-refractivity contribution in [2.45, 2.75) is 33.1 Å². The molecule has 1 aromatic heterocycles. The lowest BCUT2D eigenvalue weighted by molar-refractivity contribution is 0.520. The van der Waals surface area contributed by atoms with Crippen LogP contribution in [-0.4, -0.2) is 0 Å². The summed E-state index contributed by atoms with van der Waals surface area (Å²) < 4.78 is 0. The van der Waals surface area contributed by atoms with Gasteiger partial charge in [-0.1, -0.05) is 80.3 Å². The largest absolute Gasteiger partial charge is 0.152 e. The number of thiophene rings is 1. The fraction of sp³-hybridized carbons (Fsp3) is 0.214. The average Bonchev–Trinajstić information content (AvgIpc) is 3.26. The Kier molecular flexibility index (Phi) is 5.69. The van der Waals surface area contributed by atoms with Crippen LogP contribution in [0.15, 0.2) is 118 Å². The first-order valence-corrected chi connectivity index (χ1v) is 11.3. The van der Waals surface area contributed by atoms with E-state index in [2.05, 4.69) is 104 Å². The lowest BCUT2D eigenvalue weighted by Gasteiger charge is -2.36. The van der Waals surface area contributed by atoms with E-state index in [-0.39, 0.29) is 5.41 Å². The molecule has 0 spiro atoms. The van der Waals surface area contributed by atoms with Gasteiger partial charge in [-0.3, -0.25) is 0 Å². The zero-order chi connectivity index (χ0) is 20.3. The lowest BCUT2D eigenvalue weighted by atomic mass is 9.68. The van der Waals surface area contributed by atoms with Gasteiger partial charge in [-0.15, -0.1) is 0 Å². The zero-order valence-electron chi connectivity index (χ0n) is 17.3. The molecule has 0 amide bonds. The van der Waals surface area contributed by atoms with E-state index in [9.17, 15) is 0 Å². The van der Waals surface area contributed by atoms with Crippen molar-refractivity contribution in [1.29, 1.82) is 0 Å². The van der Waals surface area contributed by atoms with Crippen molar-refractivity contribution in [2.75, 3.05) is 0 Å². The van der Waals surface area contributed by atoms with E-state index in [1.807, 2.05) is 0 Å². The monoisotopic (exact) mass is 396 g/mol. The van der Waals surface area contributed by atoms with E-state index in [1.165, 1.54) is 39.0 Å². The van der Waals surface area contributed by atoms with Gasteiger partial charge in [0.2, 0.25) is 0 Å². The molecule has 0 fully saturated rings. The molecule has 3 aliphatic carbocycles. The maximum Gasteiger partial charge on any atom is 0.0147 e. The summed E-state index contributed by atoms with van der Waals surface area (Å²) in [4.78, 5) is 0. The molecular formula is C28H28S. The van der Waals surface area contributed by atoms with E-state index in [0.717, 1.165) is 19.3 Å². The highest BCUT2D eigenvalue weighted by molar-refractivity contribution is 7.08. The second-order valence-electron chi connectivity index (χ2n) is 8.02. The molecule has 3 aliphatic rings. The Bertz CT molecular complexity index is 1040. The van der Waals surface area contributed by atoms with Crippen LogP contribution in [0.2, 0.25) is 0 Å². The van der Waals surface area contributed by atoms with Gasteiger partial charge in [-0.2, -0.15) is 11.3 Å². The summed E-state index contributed by atoms with van der Waals surface area (Å²) in [6.45, 7) is 8.81. The molecule has 0 aromatic carbocycles. The van der Waals surface area contributed by atoms with Crippen LogP contribution in [0, 0.1) is 5.41 Å². The Balaban J connectivity index is 1.88. The minimum Gasteiger partial charge on any atom is -0.152 e. The summed E-state index contributed by atoms with van der Waals surface area (Å²) in [5.74, 6) is 0. The highest BCUT2D eigenvalue weighted by Crippen LogP contribution is 2.47. The maximum absolute atomic E-state index is 4.20. The Labute approximate surface area is 179 Å². The summed E-state index contributed by atoms with van der Waals surface area (Å²) in [6.07, 6.45) is 27.5. The van der Waals surface area contributed by atoms with E-state index >= 15 is 0 Å². The van der Waals surface area contributed by atoms with Crippen molar-refractivity contribution >= 4 is 16.9 Å². The van der Waals surface area contributed by atoms with Crippen LogP contribution in [-0.2, 0) is 0 Å². The molecule has 1 atom stereocenters. The van der Waals surface area contributed by atoms with Gasteiger partial charge in [0.15, 0.2) is 0 Å². The molecule has 0 N–H and O–H groups in total. The number of allylic oxidation sites excluding steroid dienone is 17. The van der Waals surface area contributed by atoms with E-state index in [0.29, 0.717) is 0 Å². The molecule has 0 aliphatic heterocycles. The van der Waals surface area contributed by atoms with Gasteiger partial charge in [0.1, 0.15) is 0 Å². The van der Waals surface area contributed by atoms with Gasteiger partial charge in [0.05, 0.1) is 0 Å². The number of rotatable bonds is 3. The first-order chi connectivity index (χ1) is 14.1. The quantitative estimate of drug-likeness (QED) is 0.482. The van der Waals surface area contributed by atoms with Gasteiger partial charge in [0, 0.05) is 5.41 Å². The molecule has 0 saturated carbocycles. The molecule has 146 valence electrons. The fourth-order valence-electron chi connectivity index (χ4n) is 4.49. The first-order valence-electron chi connectivity index (χ1n) is 10.3. The predicted octanol–water partition coefficient (Wildman–Crippen LogP) is 8.30. The van der Waals surface area contributed by atoms with Crippen LogP contribution in [0.1, 0.15) is 38.7 Å².